The van der Waals surface area contributed by atoms with Crippen molar-refractivity contribution in [2.75, 3.05) is 0 Å². The quantitative estimate of drug-likeness (QED) is 0.638. The van der Waals surface area contributed by atoms with Crippen LogP contribution >= 0.6 is 0 Å². The monoisotopic (exact) mass is 349 g/mol. The lowest BCUT2D eigenvalue weighted by Crippen LogP contribution is -2.18. The largest absolute Gasteiger partial charge is 0.508 e. The predicted octanol–water partition coefficient (Wildman–Crippen LogP) is 3.68. The molecule has 0 saturated carbocycles. The maximum Gasteiger partial charge on any atom is 0.326 e. The Labute approximate surface area is 151 Å². The number of rotatable bonds is 7. The minimum Gasteiger partial charge on any atom is -0.508 e. The van der Waals surface area contributed by atoms with Crippen molar-refractivity contribution in [3.05, 3.63) is 89.7 Å². The molecule has 0 saturated heterocycles. The number of carboxylic acids is 1. The number of phenolic OH excluding ortho intramolecular Hbond substituents is 1. The Morgan fingerprint density at radius 1 is 0.923 bits per heavy atom. The van der Waals surface area contributed by atoms with Crippen LogP contribution in [0.4, 0.5) is 0 Å². The SMILES string of the molecule is O=C(c1ccccc1)c1ccn([C@@H](CCc2ccc(O)cc2)C(=O)O)c1. The van der Waals surface area contributed by atoms with Crippen LogP contribution < -0.4 is 0 Å². The van der Waals surface area contributed by atoms with Crippen LogP contribution in [0.2, 0.25) is 0 Å². The third-order valence-corrected chi connectivity index (χ3v) is 4.30. The summed E-state index contributed by atoms with van der Waals surface area (Å²) in [5.74, 6) is -0.900. The molecule has 0 aliphatic heterocycles. The van der Waals surface area contributed by atoms with E-state index in [2.05, 4.69) is 0 Å². The molecule has 26 heavy (non-hydrogen) atoms. The lowest BCUT2D eigenvalue weighted by Gasteiger charge is -2.14. The summed E-state index contributed by atoms with van der Waals surface area (Å²) in [5, 5.41) is 18.9. The van der Waals surface area contributed by atoms with E-state index in [0.717, 1.165) is 5.56 Å². The van der Waals surface area contributed by atoms with Crippen molar-refractivity contribution in [1.82, 2.24) is 4.57 Å². The number of phenols is 1. The zero-order valence-corrected chi connectivity index (χ0v) is 14.1. The first kappa shape index (κ1) is 17.5. The van der Waals surface area contributed by atoms with Gasteiger partial charge in [0.05, 0.1) is 0 Å². The van der Waals surface area contributed by atoms with Gasteiger partial charge in [0, 0.05) is 23.5 Å². The molecular formula is C21H19NO4. The van der Waals surface area contributed by atoms with E-state index in [1.54, 1.807) is 71.6 Å². The second-order valence-corrected chi connectivity index (χ2v) is 6.10. The Balaban J connectivity index is 1.74. The molecule has 1 aromatic heterocycles. The van der Waals surface area contributed by atoms with Crippen molar-refractivity contribution in [3.63, 3.8) is 0 Å². The first-order valence-corrected chi connectivity index (χ1v) is 8.32. The molecule has 132 valence electrons. The number of aliphatic carboxylic acids is 1. The lowest BCUT2D eigenvalue weighted by molar-refractivity contribution is -0.141. The highest BCUT2D eigenvalue weighted by Crippen LogP contribution is 2.20. The van der Waals surface area contributed by atoms with Gasteiger partial charge in [-0.1, -0.05) is 42.5 Å². The summed E-state index contributed by atoms with van der Waals surface area (Å²) in [7, 11) is 0. The number of hydrogen-bond donors (Lipinski definition) is 2. The maximum absolute atomic E-state index is 12.5. The summed E-state index contributed by atoms with van der Waals surface area (Å²) >= 11 is 0. The predicted molar refractivity (Wildman–Crippen MR) is 97.4 cm³/mol. The van der Waals surface area contributed by atoms with E-state index in [1.165, 1.54) is 0 Å². The third-order valence-electron chi connectivity index (χ3n) is 4.30. The molecule has 5 nitrogen and oxygen atoms in total. The van der Waals surface area contributed by atoms with Crippen LogP contribution in [0.5, 0.6) is 5.75 Å². The molecule has 0 amide bonds. The van der Waals surface area contributed by atoms with E-state index in [9.17, 15) is 19.8 Å². The zero-order chi connectivity index (χ0) is 18.5. The van der Waals surface area contributed by atoms with Crippen molar-refractivity contribution in [3.8, 4) is 5.75 Å². The number of aromatic nitrogens is 1. The van der Waals surface area contributed by atoms with Gasteiger partial charge in [-0.3, -0.25) is 4.79 Å². The van der Waals surface area contributed by atoms with Gasteiger partial charge in [0.1, 0.15) is 11.8 Å². The zero-order valence-electron chi connectivity index (χ0n) is 14.1. The second kappa shape index (κ2) is 7.70. The highest BCUT2D eigenvalue weighted by atomic mass is 16.4. The number of carbonyl (C=O) groups is 2. The maximum atomic E-state index is 12.5. The van der Waals surface area contributed by atoms with Crippen LogP contribution in [0.25, 0.3) is 0 Å². The number of hydrogen-bond acceptors (Lipinski definition) is 3. The van der Waals surface area contributed by atoms with E-state index in [4.69, 9.17) is 0 Å². The summed E-state index contributed by atoms with van der Waals surface area (Å²) < 4.78 is 1.57. The molecule has 2 N–H and O–H groups in total. The fraction of sp³-hybridized carbons (Fsp3) is 0.143. The van der Waals surface area contributed by atoms with Gasteiger partial charge in [0.2, 0.25) is 0 Å². The molecule has 5 heteroatoms. The number of carbonyl (C=O) groups excluding carboxylic acids is 1. The topological polar surface area (TPSA) is 79.5 Å². The van der Waals surface area contributed by atoms with E-state index >= 15 is 0 Å². The van der Waals surface area contributed by atoms with Crippen molar-refractivity contribution in [2.45, 2.75) is 18.9 Å². The van der Waals surface area contributed by atoms with E-state index in [0.29, 0.717) is 24.0 Å². The number of ketones is 1. The highest BCUT2D eigenvalue weighted by Gasteiger charge is 2.20. The Bertz CT molecular complexity index is 897. The van der Waals surface area contributed by atoms with Crippen LogP contribution in [0.3, 0.4) is 0 Å². The van der Waals surface area contributed by atoms with Crippen LogP contribution in [0.15, 0.2) is 73.1 Å². The molecule has 0 aliphatic carbocycles. The molecular weight excluding hydrogens is 330 g/mol. The molecule has 3 aromatic rings. The number of aryl methyl sites for hydroxylation is 1. The van der Waals surface area contributed by atoms with Gasteiger partial charge in [0.25, 0.3) is 0 Å². The molecule has 1 atom stereocenters. The fourth-order valence-electron chi connectivity index (χ4n) is 2.86. The molecule has 0 unspecified atom stereocenters. The Morgan fingerprint density at radius 2 is 1.62 bits per heavy atom. The van der Waals surface area contributed by atoms with Crippen LogP contribution in [0.1, 0.15) is 33.9 Å². The van der Waals surface area contributed by atoms with E-state index < -0.39 is 12.0 Å². The van der Waals surface area contributed by atoms with Gasteiger partial charge < -0.3 is 14.8 Å². The van der Waals surface area contributed by atoms with Gasteiger partial charge in [0.15, 0.2) is 5.78 Å². The fourth-order valence-corrected chi connectivity index (χ4v) is 2.86. The lowest BCUT2D eigenvalue weighted by atomic mass is 10.0. The van der Waals surface area contributed by atoms with Crippen LogP contribution in [-0.2, 0) is 11.2 Å². The molecule has 2 aromatic carbocycles. The first-order valence-electron chi connectivity index (χ1n) is 8.32. The Kier molecular flexibility index (Phi) is 5.17. The van der Waals surface area contributed by atoms with Gasteiger partial charge in [-0.25, -0.2) is 4.79 Å². The molecule has 3 rings (SSSR count). The van der Waals surface area contributed by atoms with Crippen molar-refractivity contribution >= 4 is 11.8 Å². The molecule has 0 bridgehead atoms. The molecule has 0 spiro atoms. The highest BCUT2D eigenvalue weighted by molar-refractivity contribution is 6.08. The molecule has 0 aliphatic rings. The van der Waals surface area contributed by atoms with Crippen LogP contribution in [0, 0.1) is 0 Å². The van der Waals surface area contributed by atoms with Gasteiger partial charge in [-0.2, -0.15) is 0 Å². The summed E-state index contributed by atoms with van der Waals surface area (Å²) in [5.41, 5.74) is 1.98. The normalized spacial score (nSPS) is 11.8. The Morgan fingerprint density at radius 3 is 2.27 bits per heavy atom. The summed E-state index contributed by atoms with van der Waals surface area (Å²) in [4.78, 5) is 24.2. The van der Waals surface area contributed by atoms with E-state index in [-0.39, 0.29) is 11.5 Å². The number of carboxylic acid groups (broad SMARTS) is 1. The van der Waals surface area contributed by atoms with Crippen molar-refractivity contribution in [1.29, 1.82) is 0 Å². The van der Waals surface area contributed by atoms with E-state index in [1.807, 2.05) is 6.07 Å². The smallest absolute Gasteiger partial charge is 0.326 e. The summed E-state index contributed by atoms with van der Waals surface area (Å²) in [6, 6.07) is 16.5. The molecule has 0 radical (unpaired) electrons. The average Bonchev–Trinajstić information content (AvgIpc) is 3.13. The van der Waals surface area contributed by atoms with Crippen molar-refractivity contribution in [2.24, 2.45) is 0 Å². The number of aromatic hydroxyl groups is 1. The molecule has 0 fully saturated rings. The summed E-state index contributed by atoms with van der Waals surface area (Å²) in [6.07, 6.45) is 4.15. The summed E-state index contributed by atoms with van der Waals surface area (Å²) in [6.45, 7) is 0. The Hall–Kier alpha value is -3.34. The third kappa shape index (κ3) is 4.00. The van der Waals surface area contributed by atoms with Crippen molar-refractivity contribution < 1.29 is 19.8 Å². The van der Waals surface area contributed by atoms with Gasteiger partial charge in [-0.15, -0.1) is 0 Å². The average molecular weight is 349 g/mol. The minimum absolute atomic E-state index is 0.132. The van der Waals surface area contributed by atoms with Gasteiger partial charge >= 0.3 is 5.97 Å². The molecule has 1 heterocycles. The minimum atomic E-state index is -0.946. The standard InChI is InChI=1S/C21H19NO4/c23-18-9-6-15(7-10-18)8-11-19(21(25)26)22-13-12-17(14-22)20(24)16-4-2-1-3-5-16/h1-7,9-10,12-14,19,23H,8,11H2,(H,25,26)/t19-/m0/s1. The first-order chi connectivity index (χ1) is 12.5. The number of benzene rings is 2. The number of nitrogens with zero attached hydrogens (tertiary/aromatic N) is 1. The van der Waals surface area contributed by atoms with Gasteiger partial charge in [-0.05, 0) is 36.6 Å². The van der Waals surface area contributed by atoms with Crippen LogP contribution in [-0.4, -0.2) is 26.5 Å². The second-order valence-electron chi connectivity index (χ2n) is 6.10.